The van der Waals surface area contributed by atoms with Gasteiger partial charge >= 0.3 is 12.1 Å². The Labute approximate surface area is 207 Å². The van der Waals surface area contributed by atoms with Gasteiger partial charge in [-0.2, -0.15) is 0 Å². The van der Waals surface area contributed by atoms with Crippen molar-refractivity contribution in [3.63, 3.8) is 0 Å². The molecule has 2 aromatic carbocycles. The lowest BCUT2D eigenvalue weighted by atomic mass is 9.95. The molecule has 0 radical (unpaired) electrons. The summed E-state index contributed by atoms with van der Waals surface area (Å²) < 4.78 is 33.9. The van der Waals surface area contributed by atoms with E-state index < -0.39 is 34.4 Å². The molecular weight excluding hydrogens is 467 g/mol. The number of hydrogen-bond acceptors (Lipinski definition) is 6. The number of carbonyl (C=O) groups is 2. The molecule has 0 bridgehead atoms. The lowest BCUT2D eigenvalue weighted by Gasteiger charge is -2.37. The van der Waals surface area contributed by atoms with Crippen molar-refractivity contribution in [2.45, 2.75) is 51.3 Å². The molecule has 1 aromatic heterocycles. The van der Waals surface area contributed by atoms with Gasteiger partial charge in [0.05, 0.1) is 34.2 Å². The first-order chi connectivity index (χ1) is 17.2. The smallest absolute Gasteiger partial charge is 0.408 e. The van der Waals surface area contributed by atoms with Gasteiger partial charge in [-0.05, 0) is 45.2 Å². The zero-order valence-electron chi connectivity index (χ0n) is 20.4. The van der Waals surface area contributed by atoms with E-state index in [1.54, 1.807) is 11.5 Å². The van der Waals surface area contributed by atoms with Crippen LogP contribution >= 0.6 is 0 Å². The van der Waals surface area contributed by atoms with Crippen LogP contribution in [0.4, 0.5) is 9.18 Å². The molecule has 5 rings (SSSR count). The maximum atomic E-state index is 15.7. The van der Waals surface area contributed by atoms with Gasteiger partial charge in [0.15, 0.2) is 5.75 Å². The van der Waals surface area contributed by atoms with E-state index in [2.05, 4.69) is 5.32 Å². The number of amides is 1. The summed E-state index contributed by atoms with van der Waals surface area (Å²) in [7, 11) is 0. The highest BCUT2D eigenvalue weighted by Crippen LogP contribution is 2.53. The molecule has 3 aromatic rings. The zero-order chi connectivity index (χ0) is 25.7. The predicted octanol–water partition coefficient (Wildman–Crippen LogP) is 4.36. The number of benzene rings is 2. The Kier molecular flexibility index (Phi) is 5.73. The highest BCUT2D eigenvalue weighted by atomic mass is 19.1. The van der Waals surface area contributed by atoms with Gasteiger partial charge in [0, 0.05) is 6.20 Å². The van der Waals surface area contributed by atoms with Gasteiger partial charge < -0.3 is 24.1 Å². The van der Waals surface area contributed by atoms with E-state index in [0.29, 0.717) is 18.4 Å². The quantitative estimate of drug-likeness (QED) is 0.512. The van der Waals surface area contributed by atoms with E-state index in [1.165, 1.54) is 6.20 Å². The Morgan fingerprint density at radius 2 is 1.89 bits per heavy atom. The first-order valence-electron chi connectivity index (χ1n) is 11.9. The Morgan fingerprint density at radius 1 is 1.17 bits per heavy atom. The first-order valence-corrected chi connectivity index (χ1v) is 11.9. The fourth-order valence-corrected chi connectivity index (χ4v) is 4.68. The zero-order valence-corrected chi connectivity index (χ0v) is 20.4. The third-order valence-electron chi connectivity index (χ3n) is 6.70. The van der Waals surface area contributed by atoms with E-state index in [-0.39, 0.29) is 42.1 Å². The van der Waals surface area contributed by atoms with Crippen LogP contribution in [0.3, 0.4) is 0 Å². The summed E-state index contributed by atoms with van der Waals surface area (Å²) in [5.74, 6) is -1.26. The van der Waals surface area contributed by atoms with Crippen molar-refractivity contribution in [2.75, 3.05) is 13.2 Å². The number of rotatable bonds is 6. The second kappa shape index (κ2) is 8.65. The topological polar surface area (TPSA) is 95.9 Å². The normalized spacial score (nSPS) is 16.7. The largest absolute Gasteiger partial charge is 0.488 e. The molecule has 1 saturated carbocycles. The summed E-state index contributed by atoms with van der Waals surface area (Å²) in [6.45, 7) is 5.79. The molecule has 0 atom stereocenters. The molecule has 36 heavy (non-hydrogen) atoms. The van der Waals surface area contributed by atoms with Gasteiger partial charge in [-0.15, -0.1) is 0 Å². The minimum Gasteiger partial charge on any atom is -0.488 e. The van der Waals surface area contributed by atoms with Crippen molar-refractivity contribution in [2.24, 2.45) is 0 Å². The van der Waals surface area contributed by atoms with E-state index in [0.717, 1.165) is 11.6 Å². The van der Waals surface area contributed by atoms with Crippen molar-refractivity contribution in [3.8, 4) is 5.75 Å². The maximum absolute atomic E-state index is 15.7. The Morgan fingerprint density at radius 3 is 2.56 bits per heavy atom. The monoisotopic (exact) mass is 494 g/mol. The minimum atomic E-state index is -1.01. The van der Waals surface area contributed by atoms with Crippen molar-refractivity contribution >= 4 is 23.0 Å². The molecule has 1 N–H and O–H groups in total. The summed E-state index contributed by atoms with van der Waals surface area (Å²) in [6, 6.07) is 10.4. The number of esters is 1. The number of hydrogen-bond donors (Lipinski definition) is 1. The Hall–Kier alpha value is -3.88. The highest BCUT2D eigenvalue weighted by Gasteiger charge is 2.51. The molecule has 0 unspecified atom stereocenters. The molecule has 188 valence electrons. The van der Waals surface area contributed by atoms with Crippen molar-refractivity contribution in [3.05, 3.63) is 75.3 Å². The number of carbonyl (C=O) groups excluding carboxylic acids is 2. The van der Waals surface area contributed by atoms with E-state index >= 15 is 4.39 Å². The summed E-state index contributed by atoms with van der Waals surface area (Å²) in [5, 5.41) is 2.84. The SMILES string of the molecule is CCOC(=O)c1cn2c3c(c(C4(NC(=O)OCc5ccccc5)CC4)c(F)cc3c1=O)OCC2(C)C. The molecule has 1 amide bonds. The number of nitrogens with one attached hydrogen (secondary N) is 1. The van der Waals surface area contributed by atoms with Crippen LogP contribution in [0, 0.1) is 5.82 Å². The highest BCUT2D eigenvalue weighted by molar-refractivity contribution is 5.96. The molecule has 1 aliphatic carbocycles. The number of nitrogens with zero attached hydrogens (tertiary/aromatic N) is 1. The number of ether oxygens (including phenoxy) is 3. The Bertz CT molecular complexity index is 1430. The molecule has 9 heteroatoms. The molecule has 2 heterocycles. The predicted molar refractivity (Wildman–Crippen MR) is 130 cm³/mol. The summed E-state index contributed by atoms with van der Waals surface area (Å²) in [4.78, 5) is 38.3. The van der Waals surface area contributed by atoms with Crippen molar-refractivity contribution in [1.82, 2.24) is 9.88 Å². The van der Waals surface area contributed by atoms with Crippen LogP contribution in [0.25, 0.3) is 10.9 Å². The van der Waals surface area contributed by atoms with Crippen LogP contribution in [0.1, 0.15) is 55.1 Å². The average Bonchev–Trinajstić information content (AvgIpc) is 3.61. The van der Waals surface area contributed by atoms with Gasteiger partial charge in [0.25, 0.3) is 0 Å². The first kappa shape index (κ1) is 23.8. The third kappa shape index (κ3) is 3.98. The lowest BCUT2D eigenvalue weighted by molar-refractivity contribution is 0.0522. The van der Waals surface area contributed by atoms with Crippen LogP contribution in [0.5, 0.6) is 5.75 Å². The van der Waals surface area contributed by atoms with Gasteiger partial charge in [-0.1, -0.05) is 30.3 Å². The van der Waals surface area contributed by atoms with Crippen LogP contribution in [-0.2, 0) is 27.2 Å². The van der Waals surface area contributed by atoms with E-state index in [4.69, 9.17) is 14.2 Å². The van der Waals surface area contributed by atoms with Gasteiger partial charge in [-0.3, -0.25) is 4.79 Å². The van der Waals surface area contributed by atoms with Crippen molar-refractivity contribution < 1.29 is 28.2 Å². The standard InChI is InChI=1S/C27H27FN2O6/c1-4-34-24(32)18-13-30-21-17(22(18)31)12-19(28)20(23(21)36-15-26(30,2)3)27(10-11-27)29-25(33)35-14-16-8-6-5-7-9-16/h5-9,12-13H,4,10-11,14-15H2,1-3H3,(H,29,33). The van der Waals surface area contributed by atoms with Crippen LogP contribution in [-0.4, -0.2) is 29.8 Å². The van der Waals surface area contributed by atoms with Gasteiger partial charge in [-0.25, -0.2) is 14.0 Å². The fourth-order valence-electron chi connectivity index (χ4n) is 4.68. The van der Waals surface area contributed by atoms with Gasteiger partial charge in [0.1, 0.15) is 24.6 Å². The van der Waals surface area contributed by atoms with E-state index in [1.807, 2.05) is 44.2 Å². The van der Waals surface area contributed by atoms with E-state index in [9.17, 15) is 14.4 Å². The average molecular weight is 495 g/mol. The van der Waals surface area contributed by atoms with Crippen LogP contribution < -0.4 is 15.5 Å². The number of pyridine rings is 1. The van der Waals surface area contributed by atoms with Gasteiger partial charge in [0.2, 0.25) is 5.43 Å². The summed E-state index contributed by atoms with van der Waals surface area (Å²) in [6.07, 6.45) is 1.76. The second-order valence-electron chi connectivity index (χ2n) is 9.79. The molecule has 2 aliphatic rings. The fraction of sp³-hybridized carbons (Fsp3) is 0.370. The number of alkyl carbamates (subject to hydrolysis) is 1. The number of halogens is 1. The van der Waals surface area contributed by atoms with Crippen LogP contribution in [0.2, 0.25) is 0 Å². The third-order valence-corrected chi connectivity index (χ3v) is 6.70. The summed E-state index contributed by atoms with van der Waals surface area (Å²) >= 11 is 0. The molecule has 0 saturated heterocycles. The maximum Gasteiger partial charge on any atom is 0.408 e. The minimum absolute atomic E-state index is 0.0204. The van der Waals surface area contributed by atoms with Crippen LogP contribution in [0.15, 0.2) is 47.4 Å². The molecule has 0 spiro atoms. The Balaban J connectivity index is 1.57. The molecule has 8 nitrogen and oxygen atoms in total. The molecular formula is C27H27FN2O6. The van der Waals surface area contributed by atoms with Crippen molar-refractivity contribution in [1.29, 1.82) is 0 Å². The summed E-state index contributed by atoms with van der Waals surface area (Å²) in [5.41, 5.74) is -1.05. The second-order valence-corrected chi connectivity index (χ2v) is 9.79. The lowest BCUT2D eigenvalue weighted by Crippen LogP contribution is -2.41. The number of aromatic nitrogens is 1. The molecule has 1 aliphatic heterocycles. The molecule has 1 fully saturated rings.